The van der Waals surface area contributed by atoms with E-state index < -0.39 is 6.10 Å². The highest BCUT2D eigenvalue weighted by Crippen LogP contribution is 2.15. The van der Waals surface area contributed by atoms with E-state index in [9.17, 15) is 5.11 Å². The summed E-state index contributed by atoms with van der Waals surface area (Å²) in [4.78, 5) is 5.85. The third-order valence-electron chi connectivity index (χ3n) is 2.47. The van der Waals surface area contributed by atoms with Gasteiger partial charge in [0.1, 0.15) is 0 Å². The zero-order chi connectivity index (χ0) is 13.0. The number of hydrogen-bond donors (Lipinski definition) is 4. The van der Waals surface area contributed by atoms with Crippen molar-refractivity contribution in [2.75, 3.05) is 11.9 Å². The first-order chi connectivity index (χ1) is 8.63. The molecule has 0 saturated heterocycles. The molecule has 1 aromatic carbocycles. The van der Waals surface area contributed by atoms with Crippen molar-refractivity contribution in [2.45, 2.75) is 12.5 Å². The van der Waals surface area contributed by atoms with Crippen LogP contribution in [-0.2, 0) is 6.42 Å². The predicted octanol–water partition coefficient (Wildman–Crippen LogP) is 2.85. The molecule has 2 aromatic rings. The number of aromatic nitrogens is 2. The highest BCUT2D eigenvalue weighted by atomic mass is 79.9. The van der Waals surface area contributed by atoms with Crippen molar-refractivity contribution in [3.63, 3.8) is 0 Å². The van der Waals surface area contributed by atoms with Gasteiger partial charge in [0, 0.05) is 35.0 Å². The first-order valence-corrected chi connectivity index (χ1v) is 6.77. The highest BCUT2D eigenvalue weighted by molar-refractivity contribution is 9.10. The summed E-state index contributed by atoms with van der Waals surface area (Å²) in [6.45, 7) is 0.488. The second kappa shape index (κ2) is 6.17. The number of H-pyrrole nitrogens is 2. The molecule has 0 amide bonds. The second-order valence-electron chi connectivity index (χ2n) is 4.02. The van der Waals surface area contributed by atoms with E-state index in [2.05, 4.69) is 31.2 Å². The summed E-state index contributed by atoms with van der Waals surface area (Å²) in [5, 5.41) is 13.1. The summed E-state index contributed by atoms with van der Waals surface area (Å²) in [7, 11) is 0. The SMILES string of the molecule is OC(CNc1cccc(Br)c1)Cc1c[nH]c(=S)[nH]1. The molecule has 1 heterocycles. The smallest absolute Gasteiger partial charge is 0.174 e. The van der Waals surface area contributed by atoms with Crippen LogP contribution in [0, 0.1) is 4.77 Å². The fraction of sp³-hybridized carbons (Fsp3) is 0.250. The van der Waals surface area contributed by atoms with Gasteiger partial charge < -0.3 is 20.4 Å². The summed E-state index contributed by atoms with van der Waals surface area (Å²) in [5.41, 5.74) is 1.88. The van der Waals surface area contributed by atoms with Crippen molar-refractivity contribution in [3.8, 4) is 0 Å². The molecule has 1 atom stereocenters. The van der Waals surface area contributed by atoms with Gasteiger partial charge >= 0.3 is 0 Å². The van der Waals surface area contributed by atoms with Gasteiger partial charge in [-0.25, -0.2) is 0 Å². The first-order valence-electron chi connectivity index (χ1n) is 5.57. The van der Waals surface area contributed by atoms with Gasteiger partial charge in [-0.2, -0.15) is 0 Å². The quantitative estimate of drug-likeness (QED) is 0.638. The van der Waals surface area contributed by atoms with E-state index >= 15 is 0 Å². The maximum Gasteiger partial charge on any atom is 0.174 e. The molecule has 96 valence electrons. The Bertz CT molecular complexity index is 566. The van der Waals surface area contributed by atoms with Crippen molar-refractivity contribution in [1.82, 2.24) is 9.97 Å². The monoisotopic (exact) mass is 327 g/mol. The Labute approximate surface area is 119 Å². The number of anilines is 1. The van der Waals surface area contributed by atoms with Gasteiger partial charge in [-0.3, -0.25) is 0 Å². The van der Waals surface area contributed by atoms with Crippen LogP contribution in [0.3, 0.4) is 0 Å². The minimum Gasteiger partial charge on any atom is -0.391 e. The summed E-state index contributed by atoms with van der Waals surface area (Å²) < 4.78 is 1.59. The number of halogens is 1. The van der Waals surface area contributed by atoms with Crippen LogP contribution >= 0.6 is 28.1 Å². The Balaban J connectivity index is 1.85. The molecule has 0 radical (unpaired) electrons. The molecule has 0 fully saturated rings. The number of aromatic amines is 2. The van der Waals surface area contributed by atoms with E-state index in [1.165, 1.54) is 0 Å². The molecule has 6 heteroatoms. The van der Waals surface area contributed by atoms with Gasteiger partial charge in [0.05, 0.1) is 6.10 Å². The van der Waals surface area contributed by atoms with E-state index in [1.54, 1.807) is 6.20 Å². The molecule has 0 aliphatic heterocycles. The molecule has 4 nitrogen and oxygen atoms in total. The van der Waals surface area contributed by atoms with Crippen molar-refractivity contribution in [1.29, 1.82) is 0 Å². The first kappa shape index (κ1) is 13.3. The minimum atomic E-state index is -0.467. The largest absolute Gasteiger partial charge is 0.391 e. The topological polar surface area (TPSA) is 63.8 Å². The van der Waals surface area contributed by atoms with Crippen LogP contribution in [0.5, 0.6) is 0 Å². The van der Waals surface area contributed by atoms with Gasteiger partial charge in [0.15, 0.2) is 4.77 Å². The second-order valence-corrected chi connectivity index (χ2v) is 5.34. The number of rotatable bonds is 5. The lowest BCUT2D eigenvalue weighted by atomic mass is 10.2. The third kappa shape index (κ3) is 3.97. The van der Waals surface area contributed by atoms with E-state index in [0.717, 1.165) is 15.9 Å². The van der Waals surface area contributed by atoms with Crippen molar-refractivity contribution in [3.05, 3.63) is 45.4 Å². The molecule has 1 unspecified atom stereocenters. The van der Waals surface area contributed by atoms with Crippen LogP contribution in [0.4, 0.5) is 5.69 Å². The molecule has 0 saturated carbocycles. The summed E-state index contributed by atoms with van der Waals surface area (Å²) in [5.74, 6) is 0. The maximum atomic E-state index is 9.90. The zero-order valence-corrected chi connectivity index (χ0v) is 12.0. The van der Waals surface area contributed by atoms with Gasteiger partial charge in [0.25, 0.3) is 0 Å². The molecule has 4 N–H and O–H groups in total. The molecule has 2 rings (SSSR count). The molecule has 0 aliphatic carbocycles. The number of aliphatic hydroxyl groups is 1. The Morgan fingerprint density at radius 3 is 2.94 bits per heavy atom. The molecule has 18 heavy (non-hydrogen) atoms. The number of nitrogens with one attached hydrogen (secondary N) is 3. The van der Waals surface area contributed by atoms with Gasteiger partial charge in [0.2, 0.25) is 0 Å². The van der Waals surface area contributed by atoms with Gasteiger partial charge in [-0.1, -0.05) is 22.0 Å². The number of hydrogen-bond acceptors (Lipinski definition) is 3. The Morgan fingerprint density at radius 2 is 2.28 bits per heavy atom. The van der Waals surface area contributed by atoms with Crippen LogP contribution in [0.2, 0.25) is 0 Å². The van der Waals surface area contributed by atoms with E-state index in [1.807, 2.05) is 24.3 Å². The molecule has 1 aromatic heterocycles. The zero-order valence-electron chi connectivity index (χ0n) is 9.61. The van der Waals surface area contributed by atoms with Gasteiger partial charge in [-0.05, 0) is 30.4 Å². The Hall–Kier alpha value is -1.11. The molecule has 0 spiro atoms. The number of aliphatic hydroxyl groups excluding tert-OH is 1. The fourth-order valence-corrected chi connectivity index (χ4v) is 2.23. The fourth-order valence-electron chi connectivity index (χ4n) is 1.64. The summed E-state index contributed by atoms with van der Waals surface area (Å²) in [6.07, 6.45) is 1.85. The minimum absolute atomic E-state index is 0.467. The summed E-state index contributed by atoms with van der Waals surface area (Å²) in [6, 6.07) is 7.83. The van der Waals surface area contributed by atoms with Crippen molar-refractivity contribution < 1.29 is 5.11 Å². The third-order valence-corrected chi connectivity index (χ3v) is 3.19. The maximum absolute atomic E-state index is 9.90. The van der Waals surface area contributed by atoms with Crippen LogP contribution in [0.1, 0.15) is 5.69 Å². The van der Waals surface area contributed by atoms with E-state index in [-0.39, 0.29) is 0 Å². The molecular formula is C12H14BrN3OS. The average Bonchev–Trinajstić information content (AvgIpc) is 2.72. The lowest BCUT2D eigenvalue weighted by Gasteiger charge is -2.12. The molecule has 0 aliphatic rings. The normalized spacial score (nSPS) is 12.3. The lowest BCUT2D eigenvalue weighted by molar-refractivity contribution is 0.187. The van der Waals surface area contributed by atoms with Crippen LogP contribution in [0.25, 0.3) is 0 Å². The van der Waals surface area contributed by atoms with E-state index in [0.29, 0.717) is 17.7 Å². The van der Waals surface area contributed by atoms with Crippen molar-refractivity contribution >= 4 is 33.8 Å². The standard InChI is InChI=1S/C12H14BrN3OS/c13-8-2-1-3-9(4-8)14-7-11(17)5-10-6-15-12(18)16-10/h1-4,6,11,14,17H,5,7H2,(H2,15,16,18). The Kier molecular flexibility index (Phi) is 4.57. The lowest BCUT2D eigenvalue weighted by Crippen LogP contribution is -2.22. The average molecular weight is 328 g/mol. The number of imidazole rings is 1. The van der Waals surface area contributed by atoms with Crippen LogP contribution < -0.4 is 5.32 Å². The van der Waals surface area contributed by atoms with E-state index in [4.69, 9.17) is 12.2 Å². The number of benzene rings is 1. The predicted molar refractivity (Wildman–Crippen MR) is 78.3 cm³/mol. The molecule has 0 bridgehead atoms. The van der Waals surface area contributed by atoms with Crippen molar-refractivity contribution in [2.24, 2.45) is 0 Å². The highest BCUT2D eigenvalue weighted by Gasteiger charge is 2.06. The van der Waals surface area contributed by atoms with Crippen LogP contribution in [0.15, 0.2) is 34.9 Å². The van der Waals surface area contributed by atoms with Gasteiger partial charge in [-0.15, -0.1) is 0 Å². The Morgan fingerprint density at radius 1 is 1.44 bits per heavy atom. The van der Waals surface area contributed by atoms with Crippen LogP contribution in [-0.4, -0.2) is 27.7 Å². The summed E-state index contributed by atoms with van der Waals surface area (Å²) >= 11 is 8.33. The molecular weight excluding hydrogens is 314 g/mol.